The van der Waals surface area contributed by atoms with Gasteiger partial charge in [0.1, 0.15) is 24.1 Å². The number of rotatable bonds is 14. The number of carbonyl (C=O) groups excluding carboxylic acids is 2. The fourth-order valence-electron chi connectivity index (χ4n) is 4.28. The molecule has 3 aromatic rings. The Balaban J connectivity index is 2.05. The quantitative estimate of drug-likeness (QED) is 0.301. The SMILES string of the molecule is CC[C@H](C(=O)NCC(C)C)N(Cc1ccc(OC)cc1)C(=O)CN(c1cccc(OC)c1)S(=O)(=O)c1ccccc1. The predicted octanol–water partition coefficient (Wildman–Crippen LogP) is 4.48. The molecule has 0 saturated carbocycles. The molecule has 0 fully saturated rings. The summed E-state index contributed by atoms with van der Waals surface area (Å²) in [6, 6.07) is 20.8. The minimum atomic E-state index is -4.15. The molecule has 0 unspecified atom stereocenters. The fraction of sp³-hybridized carbons (Fsp3) is 0.355. The smallest absolute Gasteiger partial charge is 0.264 e. The number of benzene rings is 3. The number of sulfonamides is 1. The summed E-state index contributed by atoms with van der Waals surface area (Å²) >= 11 is 0. The molecule has 0 saturated heterocycles. The maximum absolute atomic E-state index is 14.1. The van der Waals surface area contributed by atoms with Crippen LogP contribution in [0.2, 0.25) is 0 Å². The van der Waals surface area contributed by atoms with Crippen molar-refractivity contribution in [3.8, 4) is 11.5 Å². The number of anilines is 1. The summed E-state index contributed by atoms with van der Waals surface area (Å²) in [6.07, 6.45) is 0.344. The highest BCUT2D eigenvalue weighted by Crippen LogP contribution is 2.28. The van der Waals surface area contributed by atoms with Crippen LogP contribution in [0, 0.1) is 5.92 Å². The van der Waals surface area contributed by atoms with E-state index in [2.05, 4.69) is 5.32 Å². The van der Waals surface area contributed by atoms with E-state index in [-0.39, 0.29) is 29.0 Å². The molecule has 3 rings (SSSR count). The first-order valence-corrected chi connectivity index (χ1v) is 15.0. The van der Waals surface area contributed by atoms with Crippen molar-refractivity contribution in [2.75, 3.05) is 31.6 Å². The van der Waals surface area contributed by atoms with Gasteiger partial charge >= 0.3 is 0 Å². The first kappa shape index (κ1) is 31.5. The van der Waals surface area contributed by atoms with Gasteiger partial charge in [0.15, 0.2) is 0 Å². The van der Waals surface area contributed by atoms with Gasteiger partial charge in [-0.15, -0.1) is 0 Å². The summed E-state index contributed by atoms with van der Waals surface area (Å²) in [7, 11) is -1.10. The molecular formula is C31H39N3O6S. The first-order valence-electron chi connectivity index (χ1n) is 13.5. The van der Waals surface area contributed by atoms with Crippen molar-refractivity contribution >= 4 is 27.5 Å². The third-order valence-corrected chi connectivity index (χ3v) is 8.32. The van der Waals surface area contributed by atoms with E-state index in [0.717, 1.165) is 9.87 Å². The molecule has 0 heterocycles. The van der Waals surface area contributed by atoms with Gasteiger partial charge in [-0.2, -0.15) is 0 Å². The van der Waals surface area contributed by atoms with E-state index < -0.39 is 28.5 Å². The standard InChI is InChI=1S/C31H39N3O6S/c1-6-29(31(36)32-20-23(2)3)33(21-24-15-17-26(39-4)18-16-24)30(35)22-34(25-11-10-12-27(19-25)40-5)41(37,38)28-13-8-7-9-14-28/h7-19,23,29H,6,20-22H2,1-5H3,(H,32,36)/t29-/m1/s1. The zero-order valence-corrected chi connectivity index (χ0v) is 25.1. The molecule has 2 amide bonds. The van der Waals surface area contributed by atoms with Gasteiger partial charge in [0.05, 0.1) is 24.8 Å². The number of ether oxygens (including phenoxy) is 2. The highest BCUT2D eigenvalue weighted by Gasteiger charge is 2.33. The molecule has 0 radical (unpaired) electrons. The van der Waals surface area contributed by atoms with Crippen molar-refractivity contribution in [3.05, 3.63) is 84.4 Å². The second-order valence-corrected chi connectivity index (χ2v) is 11.8. The Labute approximate surface area is 243 Å². The Hall–Kier alpha value is -4.05. The molecular weight excluding hydrogens is 542 g/mol. The largest absolute Gasteiger partial charge is 0.497 e. The molecule has 3 aromatic carbocycles. The van der Waals surface area contributed by atoms with E-state index in [1.165, 1.54) is 24.1 Å². The zero-order chi connectivity index (χ0) is 30.0. The fourth-order valence-corrected chi connectivity index (χ4v) is 5.71. The van der Waals surface area contributed by atoms with Crippen molar-refractivity contribution < 1.29 is 27.5 Å². The normalized spacial score (nSPS) is 12.0. The van der Waals surface area contributed by atoms with Crippen molar-refractivity contribution in [3.63, 3.8) is 0 Å². The van der Waals surface area contributed by atoms with E-state index in [1.807, 2.05) is 32.9 Å². The average Bonchev–Trinajstić information content (AvgIpc) is 2.99. The van der Waals surface area contributed by atoms with Gasteiger partial charge in [-0.05, 0) is 54.3 Å². The van der Waals surface area contributed by atoms with Crippen molar-refractivity contribution in [1.82, 2.24) is 10.2 Å². The Morgan fingerprint density at radius 3 is 2.12 bits per heavy atom. The van der Waals surface area contributed by atoms with E-state index in [4.69, 9.17) is 9.47 Å². The van der Waals surface area contributed by atoms with Crippen LogP contribution in [0.1, 0.15) is 32.8 Å². The number of hydrogen-bond acceptors (Lipinski definition) is 6. The van der Waals surface area contributed by atoms with Gasteiger partial charge in [-0.1, -0.05) is 57.2 Å². The van der Waals surface area contributed by atoms with Crippen molar-refractivity contribution in [2.24, 2.45) is 5.92 Å². The van der Waals surface area contributed by atoms with Gasteiger partial charge < -0.3 is 19.7 Å². The summed E-state index contributed by atoms with van der Waals surface area (Å²) in [4.78, 5) is 28.9. The number of methoxy groups -OCH3 is 2. The molecule has 0 aliphatic heterocycles. The van der Waals surface area contributed by atoms with Crippen molar-refractivity contribution in [1.29, 1.82) is 0 Å². The Morgan fingerprint density at radius 1 is 0.878 bits per heavy atom. The minimum absolute atomic E-state index is 0.0408. The van der Waals surface area contributed by atoms with E-state index in [0.29, 0.717) is 24.5 Å². The van der Waals surface area contributed by atoms with Crippen LogP contribution in [0.25, 0.3) is 0 Å². The monoisotopic (exact) mass is 581 g/mol. The lowest BCUT2D eigenvalue weighted by Gasteiger charge is -2.33. The average molecular weight is 582 g/mol. The second kappa shape index (κ2) is 14.5. The lowest BCUT2D eigenvalue weighted by Crippen LogP contribution is -2.52. The van der Waals surface area contributed by atoms with Crippen LogP contribution in [0.3, 0.4) is 0 Å². The summed E-state index contributed by atoms with van der Waals surface area (Å²) in [5.41, 5.74) is 1.04. The molecule has 41 heavy (non-hydrogen) atoms. The molecule has 0 aromatic heterocycles. The van der Waals surface area contributed by atoms with Gasteiger partial charge in [0, 0.05) is 19.2 Å². The molecule has 9 nitrogen and oxygen atoms in total. The highest BCUT2D eigenvalue weighted by molar-refractivity contribution is 7.92. The van der Waals surface area contributed by atoms with Crippen molar-refractivity contribution in [2.45, 2.75) is 44.7 Å². The van der Waals surface area contributed by atoms with Gasteiger partial charge in [-0.25, -0.2) is 8.42 Å². The van der Waals surface area contributed by atoms with Gasteiger partial charge in [0.2, 0.25) is 11.8 Å². The van der Waals surface area contributed by atoms with Crippen LogP contribution in [0.4, 0.5) is 5.69 Å². The molecule has 10 heteroatoms. The summed E-state index contributed by atoms with van der Waals surface area (Å²) in [5.74, 6) is 0.516. The van der Waals surface area contributed by atoms with Crippen LogP contribution < -0.4 is 19.1 Å². The maximum Gasteiger partial charge on any atom is 0.264 e. The predicted molar refractivity (Wildman–Crippen MR) is 159 cm³/mol. The number of carbonyl (C=O) groups is 2. The number of amides is 2. The minimum Gasteiger partial charge on any atom is -0.497 e. The third kappa shape index (κ3) is 8.23. The Morgan fingerprint density at radius 2 is 1.54 bits per heavy atom. The van der Waals surface area contributed by atoms with Gasteiger partial charge in [0.25, 0.3) is 10.0 Å². The molecule has 1 atom stereocenters. The van der Waals surface area contributed by atoms with Crippen LogP contribution in [-0.2, 0) is 26.2 Å². The topological polar surface area (TPSA) is 105 Å². The Kier molecular flexibility index (Phi) is 11.2. The highest BCUT2D eigenvalue weighted by atomic mass is 32.2. The van der Waals surface area contributed by atoms with E-state index >= 15 is 0 Å². The summed E-state index contributed by atoms with van der Waals surface area (Å²) in [6.45, 7) is 5.85. The summed E-state index contributed by atoms with van der Waals surface area (Å²) < 4.78 is 39.4. The second-order valence-electron chi connectivity index (χ2n) is 9.96. The van der Waals surface area contributed by atoms with Crippen LogP contribution >= 0.6 is 0 Å². The lowest BCUT2D eigenvalue weighted by atomic mass is 10.1. The van der Waals surface area contributed by atoms with E-state index in [9.17, 15) is 18.0 Å². The molecule has 0 spiro atoms. The Bertz CT molecular complexity index is 1390. The van der Waals surface area contributed by atoms with Crippen LogP contribution in [-0.4, -0.2) is 58.5 Å². The zero-order valence-electron chi connectivity index (χ0n) is 24.2. The number of nitrogens with zero attached hydrogens (tertiary/aromatic N) is 2. The van der Waals surface area contributed by atoms with Crippen LogP contribution in [0.5, 0.6) is 11.5 Å². The maximum atomic E-state index is 14.1. The molecule has 220 valence electrons. The number of hydrogen-bond donors (Lipinski definition) is 1. The molecule has 0 bridgehead atoms. The number of nitrogens with one attached hydrogen (secondary N) is 1. The van der Waals surface area contributed by atoms with Crippen LogP contribution in [0.15, 0.2) is 83.8 Å². The van der Waals surface area contributed by atoms with E-state index in [1.54, 1.807) is 61.7 Å². The molecule has 0 aliphatic carbocycles. The third-order valence-electron chi connectivity index (χ3n) is 6.53. The van der Waals surface area contributed by atoms with Gasteiger partial charge in [-0.3, -0.25) is 13.9 Å². The summed E-state index contributed by atoms with van der Waals surface area (Å²) in [5, 5.41) is 2.93. The molecule has 0 aliphatic rings. The first-order chi connectivity index (χ1) is 19.6. The lowest BCUT2D eigenvalue weighted by molar-refractivity contribution is -0.140. The molecule has 1 N–H and O–H groups in total.